The fourth-order valence-corrected chi connectivity index (χ4v) is 1.31. The zero-order valence-corrected chi connectivity index (χ0v) is 10.1. The number of hydrogen-bond acceptors (Lipinski definition) is 3. The molecule has 0 spiro atoms. The van der Waals surface area contributed by atoms with Crippen LogP contribution in [-0.4, -0.2) is 48.4 Å². The summed E-state index contributed by atoms with van der Waals surface area (Å²) < 4.78 is 0. The molecule has 0 saturated heterocycles. The van der Waals surface area contributed by atoms with E-state index in [2.05, 4.69) is 5.32 Å². The standard InChI is InChI=1S/C12H14N2O4/c1-14(2)12(18)9-5-3-4-8(6-9)11(17)13-7-10(15)16/h3-6H,7H2,1-2H3,(H,13,17)(H,15,16). The fraction of sp³-hybridized carbons (Fsp3) is 0.250. The predicted molar refractivity (Wildman–Crippen MR) is 64.4 cm³/mol. The highest BCUT2D eigenvalue weighted by Crippen LogP contribution is 2.07. The van der Waals surface area contributed by atoms with Gasteiger partial charge in [-0.25, -0.2) is 0 Å². The lowest BCUT2D eigenvalue weighted by atomic mass is 10.1. The zero-order chi connectivity index (χ0) is 13.7. The Morgan fingerprint density at radius 2 is 1.83 bits per heavy atom. The average Bonchev–Trinajstić information content (AvgIpc) is 2.34. The van der Waals surface area contributed by atoms with Crippen molar-refractivity contribution in [1.82, 2.24) is 10.2 Å². The second-order valence-electron chi connectivity index (χ2n) is 3.86. The first-order chi connectivity index (χ1) is 8.41. The van der Waals surface area contributed by atoms with Crippen LogP contribution in [0, 0.1) is 0 Å². The van der Waals surface area contributed by atoms with Crippen molar-refractivity contribution in [3.8, 4) is 0 Å². The quantitative estimate of drug-likeness (QED) is 0.799. The summed E-state index contributed by atoms with van der Waals surface area (Å²) in [6, 6.07) is 6.12. The molecule has 6 heteroatoms. The third kappa shape index (κ3) is 3.58. The molecular weight excluding hydrogens is 236 g/mol. The molecule has 1 aromatic rings. The van der Waals surface area contributed by atoms with Crippen LogP contribution in [0.3, 0.4) is 0 Å². The van der Waals surface area contributed by atoms with E-state index in [0.29, 0.717) is 5.56 Å². The third-order valence-corrected chi connectivity index (χ3v) is 2.18. The van der Waals surface area contributed by atoms with E-state index in [4.69, 9.17) is 5.11 Å². The van der Waals surface area contributed by atoms with Crippen molar-refractivity contribution in [2.75, 3.05) is 20.6 Å². The lowest BCUT2D eigenvalue weighted by Gasteiger charge is -2.11. The van der Waals surface area contributed by atoms with E-state index in [9.17, 15) is 14.4 Å². The van der Waals surface area contributed by atoms with Crippen LogP contribution in [0.25, 0.3) is 0 Å². The van der Waals surface area contributed by atoms with Crippen LogP contribution in [-0.2, 0) is 4.79 Å². The first-order valence-corrected chi connectivity index (χ1v) is 5.23. The number of carbonyl (C=O) groups excluding carboxylic acids is 2. The van der Waals surface area contributed by atoms with Crippen LogP contribution in [0.1, 0.15) is 20.7 Å². The lowest BCUT2D eigenvalue weighted by Crippen LogP contribution is -2.29. The molecule has 1 rings (SSSR count). The monoisotopic (exact) mass is 250 g/mol. The number of amides is 2. The minimum atomic E-state index is -1.12. The Bertz CT molecular complexity index is 483. The summed E-state index contributed by atoms with van der Waals surface area (Å²) in [5, 5.41) is 10.7. The Hall–Kier alpha value is -2.37. The van der Waals surface area contributed by atoms with E-state index in [1.165, 1.54) is 17.0 Å². The Kier molecular flexibility index (Phi) is 4.42. The second-order valence-corrected chi connectivity index (χ2v) is 3.86. The molecule has 0 saturated carbocycles. The van der Waals surface area contributed by atoms with Crippen LogP contribution in [0.5, 0.6) is 0 Å². The number of nitrogens with zero attached hydrogens (tertiary/aromatic N) is 1. The van der Waals surface area contributed by atoms with Crippen molar-refractivity contribution in [2.45, 2.75) is 0 Å². The first kappa shape index (κ1) is 13.7. The van der Waals surface area contributed by atoms with Gasteiger partial charge in [-0.15, -0.1) is 0 Å². The van der Waals surface area contributed by atoms with E-state index in [-0.39, 0.29) is 11.5 Å². The van der Waals surface area contributed by atoms with Gasteiger partial charge in [0, 0.05) is 25.2 Å². The molecule has 2 N–H and O–H groups in total. The molecule has 0 aromatic heterocycles. The molecule has 18 heavy (non-hydrogen) atoms. The number of carboxylic acids is 1. The molecule has 2 amide bonds. The molecule has 1 aromatic carbocycles. The Morgan fingerprint density at radius 3 is 2.39 bits per heavy atom. The molecule has 0 aliphatic rings. The van der Waals surface area contributed by atoms with Gasteiger partial charge in [-0.3, -0.25) is 14.4 Å². The van der Waals surface area contributed by atoms with Crippen molar-refractivity contribution >= 4 is 17.8 Å². The van der Waals surface area contributed by atoms with E-state index < -0.39 is 18.4 Å². The van der Waals surface area contributed by atoms with Crippen LogP contribution in [0.15, 0.2) is 24.3 Å². The molecule has 0 fully saturated rings. The molecule has 0 heterocycles. The number of carbonyl (C=O) groups is 3. The van der Waals surface area contributed by atoms with Crippen LogP contribution < -0.4 is 5.32 Å². The van der Waals surface area contributed by atoms with Gasteiger partial charge in [-0.2, -0.15) is 0 Å². The van der Waals surface area contributed by atoms with Crippen molar-refractivity contribution in [1.29, 1.82) is 0 Å². The zero-order valence-electron chi connectivity index (χ0n) is 10.1. The average molecular weight is 250 g/mol. The Morgan fingerprint density at radius 1 is 1.22 bits per heavy atom. The van der Waals surface area contributed by atoms with E-state index in [0.717, 1.165) is 0 Å². The molecule has 0 bridgehead atoms. The van der Waals surface area contributed by atoms with Gasteiger partial charge in [-0.05, 0) is 18.2 Å². The highest BCUT2D eigenvalue weighted by Gasteiger charge is 2.12. The fourth-order valence-electron chi connectivity index (χ4n) is 1.31. The van der Waals surface area contributed by atoms with Crippen molar-refractivity contribution < 1.29 is 19.5 Å². The van der Waals surface area contributed by atoms with Crippen LogP contribution >= 0.6 is 0 Å². The Labute approximate surface area is 104 Å². The number of carboxylic acid groups (broad SMARTS) is 1. The van der Waals surface area contributed by atoms with E-state index in [1.54, 1.807) is 26.2 Å². The van der Waals surface area contributed by atoms with Crippen molar-refractivity contribution in [3.63, 3.8) is 0 Å². The smallest absolute Gasteiger partial charge is 0.322 e. The summed E-state index contributed by atoms with van der Waals surface area (Å²) in [6.45, 7) is -0.454. The number of nitrogens with one attached hydrogen (secondary N) is 1. The summed E-state index contributed by atoms with van der Waals surface area (Å²) in [5.41, 5.74) is 0.631. The maximum Gasteiger partial charge on any atom is 0.322 e. The molecule has 0 atom stereocenters. The third-order valence-electron chi connectivity index (χ3n) is 2.18. The Balaban J connectivity index is 2.85. The molecule has 0 aliphatic heterocycles. The second kappa shape index (κ2) is 5.81. The van der Waals surface area contributed by atoms with Gasteiger partial charge < -0.3 is 15.3 Å². The lowest BCUT2D eigenvalue weighted by molar-refractivity contribution is -0.135. The minimum absolute atomic E-state index is 0.220. The number of benzene rings is 1. The summed E-state index contributed by atoms with van der Waals surface area (Å²) in [7, 11) is 3.22. The number of hydrogen-bond donors (Lipinski definition) is 2. The first-order valence-electron chi connectivity index (χ1n) is 5.23. The van der Waals surface area contributed by atoms with Gasteiger partial charge in [0.2, 0.25) is 0 Å². The topological polar surface area (TPSA) is 86.7 Å². The molecule has 6 nitrogen and oxygen atoms in total. The highest BCUT2D eigenvalue weighted by molar-refractivity contribution is 6.00. The van der Waals surface area contributed by atoms with Crippen molar-refractivity contribution in [2.24, 2.45) is 0 Å². The van der Waals surface area contributed by atoms with Gasteiger partial charge in [0.05, 0.1) is 0 Å². The van der Waals surface area contributed by atoms with Crippen LogP contribution in [0.2, 0.25) is 0 Å². The van der Waals surface area contributed by atoms with E-state index >= 15 is 0 Å². The van der Waals surface area contributed by atoms with Gasteiger partial charge in [0.15, 0.2) is 0 Å². The molecule has 0 aliphatic carbocycles. The largest absolute Gasteiger partial charge is 0.480 e. The minimum Gasteiger partial charge on any atom is -0.480 e. The maximum atomic E-state index is 11.7. The molecule has 0 unspecified atom stereocenters. The summed E-state index contributed by atoms with van der Waals surface area (Å²) in [4.78, 5) is 35.0. The normalized spacial score (nSPS) is 9.67. The van der Waals surface area contributed by atoms with Gasteiger partial charge in [0.1, 0.15) is 6.54 Å². The molecule has 0 radical (unpaired) electrons. The molecular formula is C12H14N2O4. The number of rotatable bonds is 4. The summed E-state index contributed by atoms with van der Waals surface area (Å²) in [6.07, 6.45) is 0. The highest BCUT2D eigenvalue weighted by atomic mass is 16.4. The maximum absolute atomic E-state index is 11.7. The van der Waals surface area contributed by atoms with Gasteiger partial charge in [0.25, 0.3) is 11.8 Å². The van der Waals surface area contributed by atoms with Gasteiger partial charge in [-0.1, -0.05) is 6.07 Å². The van der Waals surface area contributed by atoms with Gasteiger partial charge >= 0.3 is 5.97 Å². The summed E-state index contributed by atoms with van der Waals surface area (Å²) >= 11 is 0. The SMILES string of the molecule is CN(C)C(=O)c1cccc(C(=O)NCC(=O)O)c1. The molecule has 96 valence electrons. The van der Waals surface area contributed by atoms with E-state index in [1.807, 2.05) is 0 Å². The summed E-state index contributed by atoms with van der Waals surface area (Å²) in [5.74, 6) is -1.86. The number of aliphatic carboxylic acids is 1. The van der Waals surface area contributed by atoms with Crippen LogP contribution in [0.4, 0.5) is 0 Å². The van der Waals surface area contributed by atoms with Crippen molar-refractivity contribution in [3.05, 3.63) is 35.4 Å². The predicted octanol–water partition coefficient (Wildman–Crippen LogP) is 0.203.